The van der Waals surface area contributed by atoms with Gasteiger partial charge in [0.05, 0.1) is 17.9 Å². The van der Waals surface area contributed by atoms with Gasteiger partial charge in [0.15, 0.2) is 0 Å². The maximum Gasteiger partial charge on any atom is 0.345 e. The maximum atomic E-state index is 11.1. The first kappa shape index (κ1) is 24.2. The first-order valence-electron chi connectivity index (χ1n) is 11.2. The van der Waals surface area contributed by atoms with Gasteiger partial charge < -0.3 is 15.3 Å². The van der Waals surface area contributed by atoms with Gasteiger partial charge in [-0.25, -0.2) is 4.79 Å². The summed E-state index contributed by atoms with van der Waals surface area (Å²) in [6, 6.07) is 7.37. The Hall–Kier alpha value is -1.47. The molecule has 0 aromatic carbocycles. The molecule has 5 atom stereocenters. The molecule has 0 radical (unpaired) electrons. The van der Waals surface area contributed by atoms with E-state index in [0.29, 0.717) is 23.4 Å². The number of halogens is 1. The van der Waals surface area contributed by atoms with Crippen LogP contribution in [0, 0.1) is 5.92 Å². The van der Waals surface area contributed by atoms with Crippen molar-refractivity contribution in [1.82, 2.24) is 4.98 Å². The number of aliphatic hydroxyl groups excluding tert-OH is 2. The minimum absolute atomic E-state index is 0.0702. The molecule has 0 spiro atoms. The van der Waals surface area contributed by atoms with Gasteiger partial charge in [0.1, 0.15) is 4.88 Å². The van der Waals surface area contributed by atoms with Crippen LogP contribution in [0.4, 0.5) is 0 Å². The van der Waals surface area contributed by atoms with Gasteiger partial charge in [0, 0.05) is 22.4 Å². The fourth-order valence-electron chi connectivity index (χ4n) is 4.58. The first-order valence-corrected chi connectivity index (χ1v) is 12.4. The van der Waals surface area contributed by atoms with Crippen molar-refractivity contribution >= 4 is 28.9 Å². The van der Waals surface area contributed by atoms with Crippen LogP contribution in [0.2, 0.25) is 0 Å². The van der Waals surface area contributed by atoms with Crippen LogP contribution in [0.1, 0.15) is 89.7 Å². The molecule has 3 rings (SSSR count). The van der Waals surface area contributed by atoms with E-state index in [1.807, 2.05) is 18.2 Å². The summed E-state index contributed by atoms with van der Waals surface area (Å²) in [5, 5.41) is 30.0. The van der Waals surface area contributed by atoms with E-state index >= 15 is 0 Å². The van der Waals surface area contributed by atoms with Crippen molar-refractivity contribution in [2.45, 2.75) is 81.8 Å². The molecular weight excluding hydrogens is 434 g/mol. The summed E-state index contributed by atoms with van der Waals surface area (Å²) in [7, 11) is 0. The fourth-order valence-corrected chi connectivity index (χ4v) is 5.93. The third kappa shape index (κ3) is 6.28. The number of aliphatic hydroxyl groups is 2. The molecule has 2 aromatic rings. The number of aromatic nitrogens is 1. The average Bonchev–Trinajstić information content (AvgIpc) is 3.33. The summed E-state index contributed by atoms with van der Waals surface area (Å²) in [5.41, 5.74) is 1.65. The zero-order valence-electron chi connectivity index (χ0n) is 17.9. The molecule has 1 saturated carbocycles. The van der Waals surface area contributed by atoms with E-state index < -0.39 is 18.2 Å². The monoisotopic (exact) mass is 465 g/mol. The quantitative estimate of drug-likeness (QED) is 0.299. The molecule has 3 N–H and O–H groups in total. The van der Waals surface area contributed by atoms with Crippen molar-refractivity contribution in [3.05, 3.63) is 51.5 Å². The third-order valence-electron chi connectivity index (χ3n) is 6.26. The number of carboxylic acids is 1. The number of thiophene rings is 1. The number of unbranched alkanes of at least 4 members (excludes halogenated alkanes) is 2. The molecule has 31 heavy (non-hydrogen) atoms. The number of aromatic carboxylic acids is 1. The number of carbonyl (C=O) groups is 1. The highest BCUT2D eigenvalue weighted by Crippen LogP contribution is 2.45. The van der Waals surface area contributed by atoms with Crippen molar-refractivity contribution in [3.8, 4) is 0 Å². The van der Waals surface area contributed by atoms with Gasteiger partial charge in [-0.05, 0) is 61.8 Å². The number of hydrogen-bond donors (Lipinski definition) is 3. The molecule has 0 saturated heterocycles. The molecule has 0 aliphatic heterocycles. The summed E-state index contributed by atoms with van der Waals surface area (Å²) in [6.45, 7) is 2.14. The SMILES string of the molecule is CCCCCC(O)c1ccc(C2C(CCCc3ccc(C(=O)O)s3)[C@H](Cl)C[C@H]2O)cn1. The van der Waals surface area contributed by atoms with Gasteiger partial charge in [-0.1, -0.05) is 32.3 Å². The minimum Gasteiger partial charge on any atom is -0.477 e. The van der Waals surface area contributed by atoms with E-state index in [1.165, 1.54) is 11.3 Å². The summed E-state index contributed by atoms with van der Waals surface area (Å²) in [6.07, 6.45) is 7.76. The van der Waals surface area contributed by atoms with Crippen molar-refractivity contribution < 1.29 is 20.1 Å². The second-order valence-corrected chi connectivity index (χ2v) is 10.2. The van der Waals surface area contributed by atoms with Gasteiger partial charge in [0.2, 0.25) is 0 Å². The van der Waals surface area contributed by atoms with Crippen molar-refractivity contribution in [2.24, 2.45) is 5.92 Å². The summed E-state index contributed by atoms with van der Waals surface area (Å²) in [5.74, 6) is -0.820. The van der Waals surface area contributed by atoms with Gasteiger partial charge in [-0.3, -0.25) is 4.98 Å². The zero-order valence-corrected chi connectivity index (χ0v) is 19.5. The predicted octanol–water partition coefficient (Wildman–Crippen LogP) is 5.55. The Morgan fingerprint density at radius 1 is 1.26 bits per heavy atom. The molecule has 1 aliphatic rings. The molecule has 1 fully saturated rings. The highest BCUT2D eigenvalue weighted by molar-refractivity contribution is 7.13. The summed E-state index contributed by atoms with van der Waals surface area (Å²) >= 11 is 7.92. The second kappa shape index (κ2) is 11.4. The number of rotatable bonds is 11. The highest BCUT2D eigenvalue weighted by atomic mass is 35.5. The fraction of sp³-hybridized carbons (Fsp3) is 0.583. The normalized spacial score (nSPS) is 24.4. The number of alkyl halides is 1. The van der Waals surface area contributed by atoms with E-state index in [4.69, 9.17) is 16.7 Å². The predicted molar refractivity (Wildman–Crippen MR) is 124 cm³/mol. The van der Waals surface area contributed by atoms with E-state index in [-0.39, 0.29) is 17.2 Å². The lowest BCUT2D eigenvalue weighted by Gasteiger charge is -2.24. The van der Waals surface area contributed by atoms with Crippen LogP contribution >= 0.6 is 22.9 Å². The van der Waals surface area contributed by atoms with E-state index in [2.05, 4.69) is 11.9 Å². The van der Waals surface area contributed by atoms with Crippen LogP contribution in [0.15, 0.2) is 30.5 Å². The Morgan fingerprint density at radius 2 is 2.06 bits per heavy atom. The summed E-state index contributed by atoms with van der Waals surface area (Å²) in [4.78, 5) is 17.0. The number of nitrogens with zero attached hydrogens (tertiary/aromatic N) is 1. The van der Waals surface area contributed by atoms with Gasteiger partial charge in [-0.15, -0.1) is 22.9 Å². The molecule has 170 valence electrons. The molecule has 1 aliphatic carbocycles. The molecule has 2 aromatic heterocycles. The van der Waals surface area contributed by atoms with Crippen LogP contribution in [0.25, 0.3) is 0 Å². The molecular formula is C24H32ClNO4S. The van der Waals surface area contributed by atoms with Crippen molar-refractivity contribution in [2.75, 3.05) is 0 Å². The highest BCUT2D eigenvalue weighted by Gasteiger charge is 2.42. The van der Waals surface area contributed by atoms with Gasteiger partial charge in [0.25, 0.3) is 0 Å². The van der Waals surface area contributed by atoms with E-state index in [0.717, 1.165) is 49.0 Å². The number of carboxylic acid groups (broad SMARTS) is 1. The lowest BCUT2D eigenvalue weighted by Crippen LogP contribution is -2.19. The molecule has 5 nitrogen and oxygen atoms in total. The largest absolute Gasteiger partial charge is 0.477 e. The average molecular weight is 466 g/mol. The number of aryl methyl sites for hydroxylation is 1. The topological polar surface area (TPSA) is 90.7 Å². The molecule has 0 amide bonds. The molecule has 2 heterocycles. The number of pyridine rings is 1. The van der Waals surface area contributed by atoms with Gasteiger partial charge >= 0.3 is 5.97 Å². The third-order valence-corrected chi connectivity index (χ3v) is 7.89. The molecule has 3 unspecified atom stereocenters. The Labute approximate surface area is 193 Å². The van der Waals surface area contributed by atoms with Crippen LogP contribution in [-0.4, -0.2) is 37.8 Å². The van der Waals surface area contributed by atoms with Gasteiger partial charge in [-0.2, -0.15) is 0 Å². The first-order chi connectivity index (χ1) is 14.9. The lowest BCUT2D eigenvalue weighted by molar-refractivity contribution is 0.0702. The van der Waals surface area contributed by atoms with Crippen LogP contribution < -0.4 is 0 Å². The maximum absolute atomic E-state index is 11.1. The Morgan fingerprint density at radius 3 is 2.71 bits per heavy atom. The molecule has 0 bridgehead atoms. The molecule has 7 heteroatoms. The van der Waals surface area contributed by atoms with Crippen molar-refractivity contribution in [1.29, 1.82) is 0 Å². The lowest BCUT2D eigenvalue weighted by atomic mass is 9.85. The van der Waals surface area contributed by atoms with E-state index in [9.17, 15) is 15.0 Å². The number of hydrogen-bond acceptors (Lipinski definition) is 5. The smallest absolute Gasteiger partial charge is 0.345 e. The van der Waals surface area contributed by atoms with Crippen molar-refractivity contribution in [3.63, 3.8) is 0 Å². The summed E-state index contributed by atoms with van der Waals surface area (Å²) < 4.78 is 0. The zero-order chi connectivity index (χ0) is 22.4. The van der Waals surface area contributed by atoms with E-state index in [1.54, 1.807) is 12.3 Å². The van der Waals surface area contributed by atoms with Crippen LogP contribution in [0.5, 0.6) is 0 Å². The Kier molecular flexibility index (Phi) is 8.90. The second-order valence-electron chi connectivity index (χ2n) is 8.50. The van der Waals surface area contributed by atoms with Crippen LogP contribution in [0.3, 0.4) is 0 Å². The van der Waals surface area contributed by atoms with Crippen LogP contribution in [-0.2, 0) is 6.42 Å². The minimum atomic E-state index is -0.887. The Balaban J connectivity index is 1.61. The standard InChI is InChI=1S/C24H32ClNO4S/c1-2-3-4-8-20(27)19-11-9-15(14-26-19)23-17(18(25)13-21(23)28)7-5-6-16-10-12-22(31-16)24(29)30/h9-12,14,17-18,20-21,23,27-28H,2-8,13H2,1H3,(H,29,30)/t17?,18-,20?,21-,23?/m1/s1. The Bertz CT molecular complexity index is 840.